The van der Waals surface area contributed by atoms with Gasteiger partial charge in [-0.15, -0.1) is 0 Å². The Morgan fingerprint density at radius 3 is 2.13 bits per heavy atom. The number of rotatable bonds is 5. The van der Waals surface area contributed by atoms with Gasteiger partial charge in [0.2, 0.25) is 0 Å². The molecule has 0 aliphatic heterocycles. The van der Waals surface area contributed by atoms with E-state index in [0.717, 1.165) is 42.5 Å². The third kappa shape index (κ3) is 4.47. The van der Waals surface area contributed by atoms with Gasteiger partial charge in [-0.2, -0.15) is 0 Å². The van der Waals surface area contributed by atoms with Crippen LogP contribution in [0.3, 0.4) is 0 Å². The SMILES string of the molecule is CC(C)c1cccc(C(C)C)c1NC(=O)NCC1(O)CCCC1. The van der Waals surface area contributed by atoms with Crippen molar-refractivity contribution in [1.29, 1.82) is 0 Å². The minimum absolute atomic E-state index is 0.236. The molecule has 23 heavy (non-hydrogen) atoms. The van der Waals surface area contributed by atoms with Gasteiger partial charge in [-0.1, -0.05) is 58.7 Å². The molecule has 0 unspecified atom stereocenters. The van der Waals surface area contributed by atoms with Gasteiger partial charge in [0.05, 0.1) is 5.60 Å². The molecule has 1 fully saturated rings. The number of nitrogens with one attached hydrogen (secondary N) is 2. The summed E-state index contributed by atoms with van der Waals surface area (Å²) in [5.41, 5.74) is 2.47. The van der Waals surface area contributed by atoms with Crippen LogP contribution in [0.4, 0.5) is 10.5 Å². The lowest BCUT2D eigenvalue weighted by Crippen LogP contribution is -2.42. The molecule has 3 N–H and O–H groups in total. The monoisotopic (exact) mass is 318 g/mol. The van der Waals surface area contributed by atoms with Crippen LogP contribution in [0.15, 0.2) is 18.2 Å². The molecule has 0 bridgehead atoms. The van der Waals surface area contributed by atoms with E-state index in [4.69, 9.17) is 0 Å². The summed E-state index contributed by atoms with van der Waals surface area (Å²) in [7, 11) is 0. The van der Waals surface area contributed by atoms with Crippen molar-refractivity contribution in [3.05, 3.63) is 29.3 Å². The third-order valence-corrected chi connectivity index (χ3v) is 4.72. The number of anilines is 1. The molecule has 0 heterocycles. The van der Waals surface area contributed by atoms with E-state index >= 15 is 0 Å². The minimum Gasteiger partial charge on any atom is -0.388 e. The standard InChI is InChI=1S/C19H30N2O2/c1-13(2)15-8-7-9-16(14(3)4)17(15)21-18(22)20-12-19(23)10-5-6-11-19/h7-9,13-14,23H,5-6,10-12H2,1-4H3,(H2,20,21,22). The van der Waals surface area contributed by atoms with E-state index in [-0.39, 0.29) is 6.03 Å². The molecule has 1 aliphatic carbocycles. The highest BCUT2D eigenvalue weighted by Crippen LogP contribution is 2.32. The van der Waals surface area contributed by atoms with Gasteiger partial charge in [-0.3, -0.25) is 0 Å². The fourth-order valence-corrected chi connectivity index (χ4v) is 3.31. The number of hydrogen-bond donors (Lipinski definition) is 3. The van der Waals surface area contributed by atoms with Gasteiger partial charge in [0.25, 0.3) is 0 Å². The number of hydrogen-bond acceptors (Lipinski definition) is 2. The molecule has 0 saturated heterocycles. The van der Waals surface area contributed by atoms with Crippen LogP contribution in [-0.2, 0) is 0 Å². The summed E-state index contributed by atoms with van der Waals surface area (Å²) in [6.07, 6.45) is 3.61. The molecule has 1 aromatic carbocycles. The van der Waals surface area contributed by atoms with Gasteiger partial charge in [0, 0.05) is 12.2 Å². The van der Waals surface area contributed by atoms with E-state index in [0.29, 0.717) is 18.4 Å². The van der Waals surface area contributed by atoms with Gasteiger partial charge >= 0.3 is 6.03 Å². The number of para-hydroxylation sites is 1. The topological polar surface area (TPSA) is 61.4 Å². The Balaban J connectivity index is 2.10. The molecule has 0 atom stereocenters. The smallest absolute Gasteiger partial charge is 0.319 e. The van der Waals surface area contributed by atoms with E-state index in [9.17, 15) is 9.90 Å². The highest BCUT2D eigenvalue weighted by Gasteiger charge is 2.31. The quantitative estimate of drug-likeness (QED) is 0.755. The number of benzene rings is 1. The second kappa shape index (κ2) is 7.35. The van der Waals surface area contributed by atoms with Crippen molar-refractivity contribution in [2.75, 3.05) is 11.9 Å². The fourth-order valence-electron chi connectivity index (χ4n) is 3.31. The first kappa shape index (κ1) is 17.8. The number of aliphatic hydroxyl groups is 1. The zero-order chi connectivity index (χ0) is 17.0. The number of urea groups is 1. The number of amides is 2. The Hall–Kier alpha value is -1.55. The number of carbonyl (C=O) groups is 1. The average Bonchev–Trinajstić information content (AvgIpc) is 2.92. The highest BCUT2D eigenvalue weighted by molar-refractivity contribution is 5.91. The fraction of sp³-hybridized carbons (Fsp3) is 0.632. The molecule has 4 nitrogen and oxygen atoms in total. The lowest BCUT2D eigenvalue weighted by atomic mass is 9.93. The van der Waals surface area contributed by atoms with Crippen molar-refractivity contribution in [1.82, 2.24) is 5.32 Å². The summed E-state index contributed by atoms with van der Waals surface area (Å²) in [4.78, 5) is 12.3. The van der Waals surface area contributed by atoms with Crippen molar-refractivity contribution in [3.8, 4) is 0 Å². The van der Waals surface area contributed by atoms with E-state index in [1.165, 1.54) is 0 Å². The van der Waals surface area contributed by atoms with Gasteiger partial charge < -0.3 is 15.7 Å². The Morgan fingerprint density at radius 2 is 1.65 bits per heavy atom. The highest BCUT2D eigenvalue weighted by atomic mass is 16.3. The molecule has 1 saturated carbocycles. The maximum absolute atomic E-state index is 12.3. The van der Waals surface area contributed by atoms with E-state index < -0.39 is 5.60 Å². The van der Waals surface area contributed by atoms with E-state index in [1.807, 2.05) is 0 Å². The first-order valence-electron chi connectivity index (χ1n) is 8.72. The normalized spacial score (nSPS) is 16.8. The maximum Gasteiger partial charge on any atom is 0.319 e. The minimum atomic E-state index is -0.726. The van der Waals surface area contributed by atoms with Gasteiger partial charge in [0.15, 0.2) is 0 Å². The van der Waals surface area contributed by atoms with Gasteiger partial charge in [-0.05, 0) is 35.8 Å². The van der Waals surface area contributed by atoms with Crippen LogP contribution in [-0.4, -0.2) is 23.3 Å². The summed E-state index contributed by atoms with van der Waals surface area (Å²) < 4.78 is 0. The molecule has 4 heteroatoms. The lowest BCUT2D eigenvalue weighted by molar-refractivity contribution is 0.0506. The molecule has 0 aromatic heterocycles. The summed E-state index contributed by atoms with van der Waals surface area (Å²) in [5, 5.41) is 16.2. The average molecular weight is 318 g/mol. The first-order valence-corrected chi connectivity index (χ1v) is 8.72. The van der Waals surface area contributed by atoms with Crippen molar-refractivity contribution >= 4 is 11.7 Å². The van der Waals surface area contributed by atoms with E-state index in [2.05, 4.69) is 56.5 Å². The molecule has 2 amide bonds. The second-order valence-electron chi connectivity index (χ2n) is 7.36. The zero-order valence-electron chi connectivity index (χ0n) is 14.8. The predicted molar refractivity (Wildman–Crippen MR) is 95.1 cm³/mol. The van der Waals surface area contributed by atoms with Crippen molar-refractivity contribution < 1.29 is 9.90 Å². The van der Waals surface area contributed by atoms with Crippen LogP contribution in [0.5, 0.6) is 0 Å². The Bertz CT molecular complexity index is 520. The molecular formula is C19H30N2O2. The van der Waals surface area contributed by atoms with Gasteiger partial charge in [-0.25, -0.2) is 4.79 Å². The van der Waals surface area contributed by atoms with Crippen LogP contribution in [0, 0.1) is 0 Å². The molecular weight excluding hydrogens is 288 g/mol. The summed E-state index contributed by atoms with van der Waals surface area (Å²) in [5.74, 6) is 0.672. The summed E-state index contributed by atoms with van der Waals surface area (Å²) >= 11 is 0. The Kier molecular flexibility index (Phi) is 5.69. The van der Waals surface area contributed by atoms with Crippen LogP contribution in [0.1, 0.15) is 76.3 Å². The molecule has 1 aromatic rings. The molecule has 0 spiro atoms. The largest absolute Gasteiger partial charge is 0.388 e. The van der Waals surface area contributed by atoms with Crippen molar-refractivity contribution in [2.45, 2.75) is 70.8 Å². The second-order valence-corrected chi connectivity index (χ2v) is 7.36. The zero-order valence-corrected chi connectivity index (χ0v) is 14.8. The summed E-state index contributed by atoms with van der Waals surface area (Å²) in [6.45, 7) is 8.83. The first-order chi connectivity index (χ1) is 10.8. The third-order valence-electron chi connectivity index (χ3n) is 4.72. The molecule has 1 aliphatic rings. The van der Waals surface area contributed by atoms with E-state index in [1.54, 1.807) is 0 Å². The van der Waals surface area contributed by atoms with Crippen LogP contribution >= 0.6 is 0 Å². The Morgan fingerprint density at radius 1 is 1.13 bits per heavy atom. The van der Waals surface area contributed by atoms with Crippen molar-refractivity contribution in [3.63, 3.8) is 0 Å². The van der Waals surface area contributed by atoms with Gasteiger partial charge in [0.1, 0.15) is 0 Å². The predicted octanol–water partition coefficient (Wildman–Crippen LogP) is 4.36. The van der Waals surface area contributed by atoms with Crippen LogP contribution < -0.4 is 10.6 Å². The maximum atomic E-state index is 12.3. The molecule has 128 valence electrons. The summed E-state index contributed by atoms with van der Waals surface area (Å²) in [6, 6.07) is 5.95. The number of carbonyl (C=O) groups excluding carboxylic acids is 1. The Labute approximate surface area is 139 Å². The van der Waals surface area contributed by atoms with Crippen LogP contribution in [0.25, 0.3) is 0 Å². The van der Waals surface area contributed by atoms with Crippen LogP contribution in [0.2, 0.25) is 0 Å². The molecule has 0 radical (unpaired) electrons. The van der Waals surface area contributed by atoms with Crippen molar-refractivity contribution in [2.24, 2.45) is 0 Å². The lowest BCUT2D eigenvalue weighted by Gasteiger charge is -2.24. The molecule has 2 rings (SSSR count).